The third kappa shape index (κ3) is 2.32. The van der Waals surface area contributed by atoms with Gasteiger partial charge >= 0.3 is 6.03 Å². The summed E-state index contributed by atoms with van der Waals surface area (Å²) in [5.74, 6) is -0.850. The van der Waals surface area contributed by atoms with Gasteiger partial charge in [-0.1, -0.05) is 30.8 Å². The van der Waals surface area contributed by atoms with Crippen molar-refractivity contribution in [2.24, 2.45) is 5.41 Å². The van der Waals surface area contributed by atoms with Crippen molar-refractivity contribution in [3.05, 3.63) is 18.0 Å². The molecule has 1 spiro atoms. The molecular formula is C14H17N3O4. The molecule has 0 atom stereocenters. The van der Waals surface area contributed by atoms with Crippen LogP contribution in [0.15, 0.2) is 16.9 Å². The second kappa shape index (κ2) is 5.31. The molecule has 4 amide bonds. The van der Waals surface area contributed by atoms with Crippen LogP contribution in [0, 0.1) is 5.41 Å². The lowest BCUT2D eigenvalue weighted by molar-refractivity contribution is -0.153. The van der Waals surface area contributed by atoms with Gasteiger partial charge in [0.15, 0.2) is 0 Å². The quantitative estimate of drug-likeness (QED) is 0.835. The Kier molecular flexibility index (Phi) is 3.48. The van der Waals surface area contributed by atoms with Crippen LogP contribution < -0.4 is 5.32 Å². The monoisotopic (exact) mass is 291 g/mol. The van der Waals surface area contributed by atoms with Crippen LogP contribution in [0.3, 0.4) is 0 Å². The first-order valence-corrected chi connectivity index (χ1v) is 7.20. The van der Waals surface area contributed by atoms with Crippen LogP contribution in [-0.2, 0) is 16.1 Å². The van der Waals surface area contributed by atoms with Crippen molar-refractivity contribution in [1.82, 2.24) is 15.4 Å². The zero-order valence-corrected chi connectivity index (χ0v) is 11.6. The number of hydrogen-bond donors (Lipinski definition) is 1. The van der Waals surface area contributed by atoms with Crippen LogP contribution in [0.1, 0.15) is 44.2 Å². The number of nitrogens with one attached hydrogen (secondary N) is 1. The summed E-state index contributed by atoms with van der Waals surface area (Å²) in [6, 6.07) is 0.916. The Balaban J connectivity index is 1.89. The zero-order chi connectivity index (χ0) is 14.9. The van der Waals surface area contributed by atoms with Gasteiger partial charge in [-0.15, -0.1) is 0 Å². The van der Waals surface area contributed by atoms with E-state index in [1.54, 1.807) is 6.07 Å². The Morgan fingerprint density at radius 2 is 1.90 bits per heavy atom. The van der Waals surface area contributed by atoms with Crippen LogP contribution >= 0.6 is 0 Å². The number of amides is 4. The van der Waals surface area contributed by atoms with Gasteiger partial charge in [0.25, 0.3) is 0 Å². The molecule has 112 valence electrons. The molecule has 1 N–H and O–H groups in total. The topological polar surface area (TPSA) is 92.5 Å². The Morgan fingerprint density at radius 1 is 1.19 bits per heavy atom. The molecule has 7 heteroatoms. The highest BCUT2D eigenvalue weighted by molar-refractivity contribution is 6.19. The molecule has 21 heavy (non-hydrogen) atoms. The maximum atomic E-state index is 12.8. The highest BCUT2D eigenvalue weighted by Gasteiger charge is 2.53. The lowest BCUT2D eigenvalue weighted by atomic mass is 9.77. The molecule has 0 unspecified atom stereocenters. The van der Waals surface area contributed by atoms with E-state index in [0.717, 1.165) is 30.6 Å². The van der Waals surface area contributed by atoms with Gasteiger partial charge < -0.3 is 4.52 Å². The van der Waals surface area contributed by atoms with E-state index in [2.05, 4.69) is 10.5 Å². The first-order chi connectivity index (χ1) is 10.1. The minimum absolute atomic E-state index is 0.0240. The van der Waals surface area contributed by atoms with Crippen LogP contribution in [0.2, 0.25) is 0 Å². The van der Waals surface area contributed by atoms with Gasteiger partial charge in [0.2, 0.25) is 11.8 Å². The fraction of sp³-hybridized carbons (Fsp3) is 0.571. The Labute approximate surface area is 121 Å². The first kappa shape index (κ1) is 13.8. The number of rotatable bonds is 2. The van der Waals surface area contributed by atoms with E-state index in [9.17, 15) is 14.4 Å². The van der Waals surface area contributed by atoms with Crippen LogP contribution in [0.5, 0.6) is 0 Å². The fourth-order valence-electron chi connectivity index (χ4n) is 3.13. The average Bonchev–Trinajstić information content (AvgIpc) is 2.84. The maximum absolute atomic E-state index is 12.8. The molecule has 1 saturated carbocycles. The predicted octanol–water partition coefficient (Wildman–Crippen LogP) is 1.59. The number of urea groups is 1. The number of carbonyl (C=O) groups excluding carboxylic acids is 3. The van der Waals surface area contributed by atoms with Gasteiger partial charge in [0, 0.05) is 6.07 Å². The van der Waals surface area contributed by atoms with E-state index in [1.807, 2.05) is 0 Å². The van der Waals surface area contributed by atoms with Crippen molar-refractivity contribution in [1.29, 1.82) is 0 Å². The molecule has 7 nitrogen and oxygen atoms in total. The number of imide groups is 2. The van der Waals surface area contributed by atoms with Crippen molar-refractivity contribution in [2.45, 2.75) is 45.1 Å². The summed E-state index contributed by atoms with van der Waals surface area (Å²) in [7, 11) is 0. The molecule has 0 radical (unpaired) electrons. The molecule has 0 aromatic carbocycles. The number of barbiturate groups is 1. The van der Waals surface area contributed by atoms with E-state index >= 15 is 0 Å². The molecule has 1 aromatic heterocycles. The summed E-state index contributed by atoms with van der Waals surface area (Å²) < 4.78 is 4.72. The normalized spacial score (nSPS) is 22.3. The SMILES string of the molecule is O=C1NC(=O)C2(CCCCCC2)C(=O)N1Cc1ccon1. The molecule has 1 saturated heterocycles. The molecule has 1 aliphatic heterocycles. The summed E-state index contributed by atoms with van der Waals surface area (Å²) in [5, 5.41) is 6.05. The number of nitrogens with zero attached hydrogens (tertiary/aromatic N) is 2. The van der Waals surface area contributed by atoms with Crippen molar-refractivity contribution in [2.75, 3.05) is 0 Å². The maximum Gasteiger partial charge on any atom is 0.331 e. The number of aromatic nitrogens is 1. The van der Waals surface area contributed by atoms with E-state index in [0.29, 0.717) is 18.5 Å². The lowest BCUT2D eigenvalue weighted by Crippen LogP contribution is -2.63. The second-order valence-electron chi connectivity index (χ2n) is 5.64. The van der Waals surface area contributed by atoms with Crippen LogP contribution in [-0.4, -0.2) is 27.9 Å². The molecule has 1 aliphatic carbocycles. The Hall–Kier alpha value is -2.18. The zero-order valence-electron chi connectivity index (χ0n) is 11.6. The smallest absolute Gasteiger partial charge is 0.331 e. The largest absolute Gasteiger partial charge is 0.364 e. The number of carbonyl (C=O) groups is 3. The Morgan fingerprint density at radius 3 is 2.52 bits per heavy atom. The molecule has 2 aliphatic rings. The molecule has 2 fully saturated rings. The second-order valence-corrected chi connectivity index (χ2v) is 5.64. The molecule has 3 rings (SSSR count). The van der Waals surface area contributed by atoms with Gasteiger partial charge in [-0.05, 0) is 12.8 Å². The fourth-order valence-corrected chi connectivity index (χ4v) is 3.13. The van der Waals surface area contributed by atoms with E-state index in [4.69, 9.17) is 4.52 Å². The lowest BCUT2D eigenvalue weighted by Gasteiger charge is -2.38. The predicted molar refractivity (Wildman–Crippen MR) is 70.7 cm³/mol. The van der Waals surface area contributed by atoms with Gasteiger partial charge in [-0.25, -0.2) is 4.79 Å². The summed E-state index contributed by atoms with van der Waals surface area (Å²) in [4.78, 5) is 38.1. The highest BCUT2D eigenvalue weighted by Crippen LogP contribution is 2.39. The average molecular weight is 291 g/mol. The molecule has 1 aromatic rings. The van der Waals surface area contributed by atoms with Crippen molar-refractivity contribution in [3.63, 3.8) is 0 Å². The summed E-state index contributed by atoms with van der Waals surface area (Å²) in [6.07, 6.45) is 6.06. The molecule has 2 heterocycles. The first-order valence-electron chi connectivity index (χ1n) is 7.20. The number of hydrogen-bond acceptors (Lipinski definition) is 5. The van der Waals surface area contributed by atoms with E-state index in [-0.39, 0.29) is 6.54 Å². The van der Waals surface area contributed by atoms with Gasteiger partial charge in [-0.2, -0.15) is 0 Å². The molecule has 0 bridgehead atoms. The third-order valence-electron chi connectivity index (χ3n) is 4.32. The standard InChI is InChI=1S/C14H17N3O4/c18-11-14(6-3-1-2-4-7-14)12(19)17(13(20)15-11)9-10-5-8-21-16-10/h5,8H,1-4,6-7,9H2,(H,15,18,20). The summed E-state index contributed by atoms with van der Waals surface area (Å²) >= 11 is 0. The molecular weight excluding hydrogens is 274 g/mol. The minimum Gasteiger partial charge on any atom is -0.364 e. The van der Waals surface area contributed by atoms with Crippen molar-refractivity contribution in [3.8, 4) is 0 Å². The third-order valence-corrected chi connectivity index (χ3v) is 4.32. The summed E-state index contributed by atoms with van der Waals surface area (Å²) in [5.41, 5.74) is -0.606. The minimum atomic E-state index is -1.09. The van der Waals surface area contributed by atoms with Crippen LogP contribution in [0.4, 0.5) is 4.79 Å². The van der Waals surface area contributed by atoms with E-state index < -0.39 is 23.3 Å². The van der Waals surface area contributed by atoms with Gasteiger partial charge in [0.1, 0.15) is 17.4 Å². The van der Waals surface area contributed by atoms with Gasteiger partial charge in [0.05, 0.1) is 6.54 Å². The Bertz CT molecular complexity index is 559. The van der Waals surface area contributed by atoms with Crippen molar-refractivity contribution < 1.29 is 18.9 Å². The highest BCUT2D eigenvalue weighted by atomic mass is 16.5. The van der Waals surface area contributed by atoms with E-state index in [1.165, 1.54) is 6.26 Å². The van der Waals surface area contributed by atoms with Crippen LogP contribution in [0.25, 0.3) is 0 Å². The summed E-state index contributed by atoms with van der Waals surface area (Å²) in [6.45, 7) is 0.0240. The van der Waals surface area contributed by atoms with Gasteiger partial charge in [-0.3, -0.25) is 19.8 Å². The van der Waals surface area contributed by atoms with Crippen molar-refractivity contribution >= 4 is 17.8 Å².